The summed E-state index contributed by atoms with van der Waals surface area (Å²) in [6, 6.07) is 20.4. The molecule has 2 aromatic heterocycles. The molecule has 0 radical (unpaired) electrons. The van der Waals surface area contributed by atoms with E-state index >= 15 is 0 Å². The van der Waals surface area contributed by atoms with Gasteiger partial charge in [-0.25, -0.2) is 0 Å². The number of nitrogens with zero attached hydrogens (tertiary/aromatic N) is 3. The summed E-state index contributed by atoms with van der Waals surface area (Å²) in [6.07, 6.45) is 3.42. The minimum absolute atomic E-state index is 0.0752. The maximum absolute atomic E-state index is 10.4. The van der Waals surface area contributed by atoms with Gasteiger partial charge >= 0.3 is 0 Å². The Labute approximate surface area is 132 Å². The SMILES string of the molecule is O=[N+]([O-])c1ccc2cccnc2c1.c1ccc2ncccc2c1. The van der Waals surface area contributed by atoms with Crippen molar-refractivity contribution < 1.29 is 4.92 Å². The predicted octanol–water partition coefficient (Wildman–Crippen LogP) is 4.38. The van der Waals surface area contributed by atoms with Crippen molar-refractivity contribution in [2.75, 3.05) is 0 Å². The molecule has 0 atom stereocenters. The van der Waals surface area contributed by atoms with Crippen LogP contribution in [0.15, 0.2) is 79.1 Å². The molecular weight excluding hydrogens is 290 g/mol. The number of nitro benzene ring substituents is 1. The van der Waals surface area contributed by atoms with Gasteiger partial charge < -0.3 is 0 Å². The summed E-state index contributed by atoms with van der Waals surface area (Å²) >= 11 is 0. The number of rotatable bonds is 1. The highest BCUT2D eigenvalue weighted by Crippen LogP contribution is 2.18. The van der Waals surface area contributed by atoms with Crippen LogP contribution in [0, 0.1) is 10.1 Å². The molecule has 5 heteroatoms. The van der Waals surface area contributed by atoms with E-state index in [1.165, 1.54) is 17.5 Å². The Morgan fingerprint density at radius 2 is 1.35 bits per heavy atom. The van der Waals surface area contributed by atoms with E-state index in [2.05, 4.69) is 22.1 Å². The van der Waals surface area contributed by atoms with Gasteiger partial charge in [0.1, 0.15) is 0 Å². The van der Waals surface area contributed by atoms with Gasteiger partial charge in [-0.1, -0.05) is 30.3 Å². The van der Waals surface area contributed by atoms with Crippen molar-refractivity contribution >= 4 is 27.5 Å². The molecule has 0 N–H and O–H groups in total. The highest BCUT2D eigenvalue weighted by molar-refractivity contribution is 5.80. The molecule has 0 fully saturated rings. The number of aromatic nitrogens is 2. The maximum Gasteiger partial charge on any atom is 0.271 e. The Balaban J connectivity index is 0.000000140. The number of pyridine rings is 2. The van der Waals surface area contributed by atoms with Gasteiger partial charge in [0.25, 0.3) is 5.69 Å². The molecule has 0 bridgehead atoms. The third kappa shape index (κ3) is 3.47. The van der Waals surface area contributed by atoms with E-state index in [4.69, 9.17) is 0 Å². The fraction of sp³-hybridized carbons (Fsp3) is 0. The topological polar surface area (TPSA) is 68.9 Å². The summed E-state index contributed by atoms with van der Waals surface area (Å²) in [5.41, 5.74) is 1.79. The zero-order valence-corrected chi connectivity index (χ0v) is 12.2. The molecule has 4 aromatic rings. The maximum atomic E-state index is 10.4. The second-order valence-corrected chi connectivity index (χ2v) is 4.83. The number of hydrogen-bond donors (Lipinski definition) is 0. The van der Waals surface area contributed by atoms with Crippen LogP contribution in [0.5, 0.6) is 0 Å². The number of fused-ring (bicyclic) bond motifs is 2. The number of non-ortho nitro benzene ring substituents is 1. The molecule has 0 saturated heterocycles. The average molecular weight is 303 g/mol. The van der Waals surface area contributed by atoms with E-state index in [0.29, 0.717) is 5.52 Å². The Bertz CT molecular complexity index is 905. The van der Waals surface area contributed by atoms with Crippen LogP contribution in [0.2, 0.25) is 0 Å². The third-order valence-electron chi connectivity index (χ3n) is 3.31. The minimum Gasteiger partial charge on any atom is -0.258 e. The molecule has 0 aliphatic heterocycles. The number of benzene rings is 2. The van der Waals surface area contributed by atoms with E-state index in [-0.39, 0.29) is 5.69 Å². The van der Waals surface area contributed by atoms with Crippen LogP contribution in [-0.2, 0) is 0 Å². The summed E-state index contributed by atoms with van der Waals surface area (Å²) < 4.78 is 0. The highest BCUT2D eigenvalue weighted by atomic mass is 16.6. The Hall–Kier alpha value is -3.34. The van der Waals surface area contributed by atoms with E-state index in [9.17, 15) is 10.1 Å². The summed E-state index contributed by atoms with van der Waals surface area (Å²) in [5, 5.41) is 12.5. The molecule has 23 heavy (non-hydrogen) atoms. The monoisotopic (exact) mass is 303 g/mol. The van der Waals surface area contributed by atoms with Gasteiger partial charge in [0.2, 0.25) is 0 Å². The first kappa shape index (κ1) is 14.6. The Kier molecular flexibility index (Phi) is 4.20. The summed E-state index contributed by atoms with van der Waals surface area (Å²) in [5.74, 6) is 0. The van der Waals surface area contributed by atoms with Crippen LogP contribution >= 0.6 is 0 Å². The first-order chi connectivity index (χ1) is 11.2. The molecule has 5 nitrogen and oxygen atoms in total. The Morgan fingerprint density at radius 3 is 2.04 bits per heavy atom. The van der Waals surface area contributed by atoms with Gasteiger partial charge in [0, 0.05) is 35.3 Å². The predicted molar refractivity (Wildman–Crippen MR) is 90.1 cm³/mol. The molecule has 0 saturated carbocycles. The third-order valence-corrected chi connectivity index (χ3v) is 3.31. The Morgan fingerprint density at radius 1 is 0.739 bits per heavy atom. The molecule has 0 amide bonds. The standard InChI is InChI=1S/C9H6N2O2.C9H7N/c12-11(13)8-4-3-7-2-1-5-10-9(7)6-8;1-2-6-9-8(4-1)5-3-7-10-9/h1-6H;1-7H. The van der Waals surface area contributed by atoms with Crippen molar-refractivity contribution in [3.63, 3.8) is 0 Å². The normalized spacial score (nSPS) is 10.1. The van der Waals surface area contributed by atoms with Crippen LogP contribution < -0.4 is 0 Å². The highest BCUT2D eigenvalue weighted by Gasteiger charge is 2.05. The van der Waals surface area contributed by atoms with Gasteiger partial charge in [-0.05, 0) is 24.3 Å². The minimum atomic E-state index is -0.422. The lowest BCUT2D eigenvalue weighted by Crippen LogP contribution is -1.87. The molecule has 2 heterocycles. The van der Waals surface area contributed by atoms with Crippen LogP contribution in [-0.4, -0.2) is 14.9 Å². The molecule has 0 unspecified atom stereocenters. The van der Waals surface area contributed by atoms with Gasteiger partial charge in [0.15, 0.2) is 0 Å². The smallest absolute Gasteiger partial charge is 0.258 e. The van der Waals surface area contributed by atoms with E-state index in [0.717, 1.165) is 10.9 Å². The van der Waals surface area contributed by atoms with Gasteiger partial charge in [-0.3, -0.25) is 20.1 Å². The van der Waals surface area contributed by atoms with E-state index in [1.54, 1.807) is 18.3 Å². The van der Waals surface area contributed by atoms with E-state index in [1.807, 2.05) is 36.5 Å². The summed E-state index contributed by atoms with van der Waals surface area (Å²) in [4.78, 5) is 18.2. The molecule has 4 rings (SSSR count). The van der Waals surface area contributed by atoms with Crippen molar-refractivity contribution in [1.29, 1.82) is 0 Å². The van der Waals surface area contributed by atoms with Gasteiger partial charge in [0.05, 0.1) is 16.0 Å². The van der Waals surface area contributed by atoms with Gasteiger partial charge in [-0.2, -0.15) is 0 Å². The lowest BCUT2D eigenvalue weighted by Gasteiger charge is -1.95. The van der Waals surface area contributed by atoms with Crippen LogP contribution in [0.25, 0.3) is 21.8 Å². The second kappa shape index (κ2) is 6.62. The molecular formula is C18H13N3O2. The largest absolute Gasteiger partial charge is 0.271 e. The summed E-state index contributed by atoms with van der Waals surface area (Å²) in [7, 11) is 0. The van der Waals surface area contributed by atoms with Crippen molar-refractivity contribution in [3.05, 3.63) is 89.2 Å². The average Bonchev–Trinajstić information content (AvgIpc) is 2.62. The first-order valence-electron chi connectivity index (χ1n) is 7.03. The zero-order chi connectivity index (χ0) is 16.1. The molecule has 0 aliphatic rings. The van der Waals surface area contributed by atoms with Crippen molar-refractivity contribution in [1.82, 2.24) is 9.97 Å². The van der Waals surface area contributed by atoms with Gasteiger partial charge in [-0.15, -0.1) is 0 Å². The lowest BCUT2D eigenvalue weighted by molar-refractivity contribution is -0.384. The van der Waals surface area contributed by atoms with Crippen LogP contribution in [0.3, 0.4) is 0 Å². The first-order valence-corrected chi connectivity index (χ1v) is 7.03. The van der Waals surface area contributed by atoms with Crippen molar-refractivity contribution in [3.8, 4) is 0 Å². The summed E-state index contributed by atoms with van der Waals surface area (Å²) in [6.45, 7) is 0. The molecule has 0 spiro atoms. The van der Waals surface area contributed by atoms with Crippen LogP contribution in [0.4, 0.5) is 5.69 Å². The number of hydrogen-bond acceptors (Lipinski definition) is 4. The quantitative estimate of drug-likeness (QED) is 0.386. The number of nitro groups is 1. The fourth-order valence-corrected chi connectivity index (χ4v) is 2.18. The zero-order valence-electron chi connectivity index (χ0n) is 12.2. The molecule has 2 aromatic carbocycles. The fourth-order valence-electron chi connectivity index (χ4n) is 2.18. The van der Waals surface area contributed by atoms with E-state index < -0.39 is 4.92 Å². The van der Waals surface area contributed by atoms with Crippen molar-refractivity contribution in [2.24, 2.45) is 0 Å². The lowest BCUT2D eigenvalue weighted by atomic mass is 10.2. The number of para-hydroxylation sites is 1. The van der Waals surface area contributed by atoms with Crippen molar-refractivity contribution in [2.45, 2.75) is 0 Å². The van der Waals surface area contributed by atoms with Crippen LogP contribution in [0.1, 0.15) is 0 Å². The molecule has 112 valence electrons. The molecule has 0 aliphatic carbocycles. The second-order valence-electron chi connectivity index (χ2n) is 4.83.